The number of nitrogens with zero attached hydrogens (tertiary/aromatic N) is 1. The second kappa shape index (κ2) is 4.63. The Balaban J connectivity index is 2.01. The van der Waals surface area contributed by atoms with Crippen molar-refractivity contribution in [2.45, 2.75) is 37.1 Å². The second-order valence-corrected chi connectivity index (χ2v) is 8.08. The van der Waals surface area contributed by atoms with Gasteiger partial charge in [-0.2, -0.15) is 0 Å². The number of rotatable bonds is 2. The molecule has 2 atom stereocenters. The van der Waals surface area contributed by atoms with E-state index in [4.69, 9.17) is 0 Å². The van der Waals surface area contributed by atoms with Gasteiger partial charge in [-0.1, -0.05) is 33.6 Å². The first-order valence-corrected chi connectivity index (χ1v) is 8.69. The monoisotopic (exact) mass is 341 g/mol. The lowest BCUT2D eigenvalue weighted by atomic mass is 10.1. The molecule has 0 N–H and O–H groups in total. The molecule has 1 fully saturated rings. The molecular weight excluding hydrogens is 326 g/mol. The smallest absolute Gasteiger partial charge is 0.264 e. The average Bonchev–Trinajstić information content (AvgIpc) is 2.79. The highest BCUT2D eigenvalue weighted by molar-refractivity contribution is 9.11. The van der Waals surface area contributed by atoms with E-state index in [-0.39, 0.29) is 6.04 Å². The molecule has 0 saturated heterocycles. The first-order chi connectivity index (χ1) is 8.98. The topological polar surface area (TPSA) is 37.4 Å². The highest BCUT2D eigenvalue weighted by Gasteiger charge is 2.39. The molecule has 5 heteroatoms. The van der Waals surface area contributed by atoms with E-state index in [1.807, 2.05) is 19.1 Å². The predicted octanol–water partition coefficient (Wildman–Crippen LogP) is 3.40. The van der Waals surface area contributed by atoms with E-state index in [1.54, 1.807) is 22.6 Å². The van der Waals surface area contributed by atoms with Gasteiger partial charge in [-0.05, 0) is 44.2 Å². The third-order valence-corrected chi connectivity index (χ3v) is 6.68. The fourth-order valence-electron chi connectivity index (χ4n) is 2.87. The maximum Gasteiger partial charge on any atom is 0.264 e. The Morgan fingerprint density at radius 3 is 2.58 bits per heavy atom. The number of halogens is 1. The van der Waals surface area contributed by atoms with Crippen molar-refractivity contribution in [2.75, 3.05) is 0 Å². The summed E-state index contributed by atoms with van der Waals surface area (Å²) >= 11 is 3.51. The Hall–Kier alpha value is -0.810. The number of fused-ring (bicyclic) bond motifs is 2. The quantitative estimate of drug-likeness (QED) is 0.826. The highest BCUT2D eigenvalue weighted by Crippen LogP contribution is 2.43. The Morgan fingerprint density at radius 2 is 1.89 bits per heavy atom. The Bertz CT molecular complexity index is 621. The maximum atomic E-state index is 12.7. The summed E-state index contributed by atoms with van der Waals surface area (Å²) in [5, 5.41) is 0. The summed E-state index contributed by atoms with van der Waals surface area (Å²) in [7, 11) is -3.42. The van der Waals surface area contributed by atoms with Gasteiger partial charge in [0.15, 0.2) is 0 Å². The molecule has 19 heavy (non-hydrogen) atoms. The van der Waals surface area contributed by atoms with E-state index in [0.717, 1.165) is 29.3 Å². The van der Waals surface area contributed by atoms with E-state index >= 15 is 0 Å². The van der Waals surface area contributed by atoms with E-state index in [0.29, 0.717) is 10.8 Å². The number of aryl methyl sites for hydroxylation is 1. The van der Waals surface area contributed by atoms with Crippen molar-refractivity contribution in [3.05, 3.63) is 40.5 Å². The SMILES string of the molecule is Cc1ccc(S(=O)(=O)N2C=C(Br)C3CCC2C3)cc1. The lowest BCUT2D eigenvalue weighted by Crippen LogP contribution is -2.36. The van der Waals surface area contributed by atoms with Gasteiger partial charge in [-0.15, -0.1) is 0 Å². The number of allylic oxidation sites excluding steroid dienone is 1. The Kier molecular flexibility index (Phi) is 3.21. The second-order valence-electron chi connectivity index (χ2n) is 5.33. The van der Waals surface area contributed by atoms with Gasteiger partial charge >= 0.3 is 0 Å². The summed E-state index contributed by atoms with van der Waals surface area (Å²) in [6.45, 7) is 1.95. The van der Waals surface area contributed by atoms with Gasteiger partial charge in [0, 0.05) is 16.7 Å². The molecule has 1 saturated carbocycles. The molecule has 1 heterocycles. The summed E-state index contributed by atoms with van der Waals surface area (Å²) in [5.74, 6) is 0.509. The molecule has 1 aromatic rings. The van der Waals surface area contributed by atoms with Crippen molar-refractivity contribution in [2.24, 2.45) is 5.92 Å². The van der Waals surface area contributed by atoms with Crippen molar-refractivity contribution in [1.29, 1.82) is 0 Å². The third-order valence-electron chi connectivity index (χ3n) is 4.00. The minimum atomic E-state index is -3.42. The lowest BCUT2D eigenvalue weighted by molar-refractivity contribution is 0.381. The van der Waals surface area contributed by atoms with Crippen molar-refractivity contribution < 1.29 is 8.42 Å². The molecule has 3 rings (SSSR count). The van der Waals surface area contributed by atoms with Crippen LogP contribution in [0.3, 0.4) is 0 Å². The zero-order valence-electron chi connectivity index (χ0n) is 10.7. The lowest BCUT2D eigenvalue weighted by Gasteiger charge is -2.31. The van der Waals surface area contributed by atoms with Crippen molar-refractivity contribution >= 4 is 26.0 Å². The van der Waals surface area contributed by atoms with Crippen LogP contribution in [0.25, 0.3) is 0 Å². The minimum Gasteiger partial charge on any atom is -0.269 e. The third kappa shape index (κ3) is 2.23. The minimum absolute atomic E-state index is 0.123. The molecule has 1 aliphatic carbocycles. The number of sulfonamides is 1. The molecule has 0 aromatic heterocycles. The number of hydrogen-bond donors (Lipinski definition) is 0. The van der Waals surface area contributed by atoms with Crippen LogP contribution >= 0.6 is 15.9 Å². The summed E-state index contributed by atoms with van der Waals surface area (Å²) in [5.41, 5.74) is 1.07. The molecule has 3 nitrogen and oxygen atoms in total. The van der Waals surface area contributed by atoms with Crippen molar-refractivity contribution in [3.8, 4) is 0 Å². The molecule has 1 aromatic carbocycles. The zero-order chi connectivity index (χ0) is 13.6. The van der Waals surface area contributed by atoms with Gasteiger partial charge in [0.05, 0.1) is 4.90 Å². The van der Waals surface area contributed by atoms with Gasteiger partial charge < -0.3 is 0 Å². The Morgan fingerprint density at radius 1 is 1.21 bits per heavy atom. The first-order valence-electron chi connectivity index (χ1n) is 6.46. The van der Waals surface area contributed by atoms with Crippen LogP contribution in [0.5, 0.6) is 0 Å². The summed E-state index contributed by atoms with van der Waals surface area (Å²) < 4.78 is 27.9. The molecule has 0 amide bonds. The fraction of sp³-hybridized carbons (Fsp3) is 0.429. The van der Waals surface area contributed by atoms with E-state index in [2.05, 4.69) is 15.9 Å². The summed E-state index contributed by atoms with van der Waals surface area (Å²) in [4.78, 5) is 0.375. The molecule has 0 spiro atoms. The molecule has 2 unspecified atom stereocenters. The van der Waals surface area contributed by atoms with Gasteiger partial charge in [-0.25, -0.2) is 8.42 Å². The number of benzene rings is 1. The average molecular weight is 342 g/mol. The molecular formula is C14H16BrNO2S. The molecule has 2 aliphatic rings. The highest BCUT2D eigenvalue weighted by atomic mass is 79.9. The van der Waals surface area contributed by atoms with Gasteiger partial charge in [0.25, 0.3) is 10.0 Å². The van der Waals surface area contributed by atoms with Crippen molar-refractivity contribution in [1.82, 2.24) is 4.31 Å². The summed E-state index contributed by atoms with van der Waals surface area (Å²) in [6, 6.07) is 7.18. The summed E-state index contributed by atoms with van der Waals surface area (Å²) in [6.07, 6.45) is 4.71. The normalized spacial score (nSPS) is 26.4. The molecule has 0 radical (unpaired) electrons. The zero-order valence-corrected chi connectivity index (χ0v) is 13.1. The molecule has 2 bridgehead atoms. The Labute approximate surface area is 122 Å². The van der Waals surface area contributed by atoms with E-state index in [9.17, 15) is 8.42 Å². The predicted molar refractivity (Wildman–Crippen MR) is 78.3 cm³/mol. The standard InChI is InChI=1S/C14H16BrNO2S/c1-10-2-6-13(7-3-10)19(17,18)16-9-14(15)11-4-5-12(16)8-11/h2-3,6-7,9,11-12H,4-5,8H2,1H3. The van der Waals surface area contributed by atoms with Crippen LogP contribution in [0.2, 0.25) is 0 Å². The first kappa shape index (κ1) is 13.2. The van der Waals surface area contributed by atoms with Crippen LogP contribution in [0.1, 0.15) is 24.8 Å². The fourth-order valence-corrected chi connectivity index (χ4v) is 5.20. The molecule has 102 valence electrons. The van der Waals surface area contributed by atoms with Gasteiger partial charge in [0.1, 0.15) is 0 Å². The molecule has 1 aliphatic heterocycles. The van der Waals surface area contributed by atoms with Crippen LogP contribution in [0.15, 0.2) is 39.8 Å². The van der Waals surface area contributed by atoms with Crippen molar-refractivity contribution in [3.63, 3.8) is 0 Å². The number of hydrogen-bond acceptors (Lipinski definition) is 2. The van der Waals surface area contributed by atoms with E-state index in [1.165, 1.54) is 0 Å². The van der Waals surface area contributed by atoms with Gasteiger partial charge in [-0.3, -0.25) is 4.31 Å². The van der Waals surface area contributed by atoms with Crippen LogP contribution in [-0.2, 0) is 10.0 Å². The van der Waals surface area contributed by atoms with Gasteiger partial charge in [0.2, 0.25) is 0 Å². The van der Waals surface area contributed by atoms with Crippen LogP contribution in [-0.4, -0.2) is 18.8 Å². The van der Waals surface area contributed by atoms with Crippen LogP contribution in [0.4, 0.5) is 0 Å². The van der Waals surface area contributed by atoms with Crippen LogP contribution < -0.4 is 0 Å². The largest absolute Gasteiger partial charge is 0.269 e. The maximum absolute atomic E-state index is 12.7. The van der Waals surface area contributed by atoms with E-state index < -0.39 is 10.0 Å². The van der Waals surface area contributed by atoms with Crippen LogP contribution in [0, 0.1) is 12.8 Å².